The first-order valence-electron chi connectivity index (χ1n) is 48.2. The number of imidazole rings is 3. The summed E-state index contributed by atoms with van der Waals surface area (Å²) in [5.41, 5.74) is 19.8. The molecule has 0 atom stereocenters. The molecule has 27 aromatic rings. The van der Waals surface area contributed by atoms with E-state index in [1.807, 2.05) is 188 Å². The monoisotopic (exact) mass is 1810 g/mol. The fourth-order valence-corrected chi connectivity index (χ4v) is 18.9. The van der Waals surface area contributed by atoms with Crippen molar-refractivity contribution in [3.05, 3.63) is 491 Å². The summed E-state index contributed by atoms with van der Waals surface area (Å²) in [6.45, 7) is 0. The summed E-state index contributed by atoms with van der Waals surface area (Å²) in [5.74, 6) is 8.02. The number of rotatable bonds is 15. The number of benzene rings is 21. The summed E-state index contributed by atoms with van der Waals surface area (Å²) < 4.78 is 30.3. The Labute approximate surface area is 815 Å². The Balaban J connectivity index is 0.000000115. The van der Waals surface area contributed by atoms with Gasteiger partial charge in [0.05, 0.1) is 37.2 Å². The topological polar surface area (TPSA) is 169 Å². The van der Waals surface area contributed by atoms with Crippen molar-refractivity contribution in [2.75, 3.05) is 0 Å². The predicted molar refractivity (Wildman–Crippen MR) is 574 cm³/mol. The van der Waals surface area contributed by atoms with Gasteiger partial charge in [-0.15, -0.1) is 0 Å². The van der Waals surface area contributed by atoms with Crippen LogP contribution in [0.25, 0.3) is 251 Å². The van der Waals surface area contributed by atoms with Gasteiger partial charge in [0, 0.05) is 83.8 Å². The van der Waals surface area contributed by atoms with E-state index in [2.05, 4.69) is 262 Å². The van der Waals surface area contributed by atoms with Crippen LogP contribution < -0.4 is 0 Å². The minimum atomic E-state index is 0.463. The van der Waals surface area contributed by atoms with Gasteiger partial charge >= 0.3 is 0 Å². The lowest BCUT2D eigenvalue weighted by Gasteiger charge is -2.14. The molecule has 0 unspecified atom stereocenters. The van der Waals surface area contributed by atoms with E-state index in [9.17, 15) is 0 Å². The molecule has 15 nitrogen and oxygen atoms in total. The van der Waals surface area contributed by atoms with E-state index < -0.39 is 0 Å². The standard InChI is InChI=1S/C50H31N5.C42H27N5.C34H23N5/c1-2-14-33(15-3-1)50-51-45-24-12-13-25-46(45)55(50)36-28-26-32(27-29-36)47-52-48(43-30-34-16-4-6-18-37(34)39-20-8-10-22-41(39)43)54-49(53-47)44-31-35-17-5-7-19-38(35)40-21-9-11-23-42(40)44;1-2-12-31(13-3-1)42-43-37-16-8-9-17-38(37)47(42)36-24-22-30(23-25-36)39-44-40(34-20-18-28-10-4-6-14-32(28)26-34)46-41(45-39)35-21-19-29-11-5-7-15-33(29)27-35;1-4-12-24(13-5-1)31-36-32(25-14-6-2-7-15-25)38-33(37-31)26-20-22-28(23-21-26)39-30-19-11-10-18-29(30)35-34(39)27-16-8-3-9-17-27/h1-31H;1-27H;1-23H/i2*1D;3D. The molecule has 0 aliphatic carbocycles. The lowest BCUT2D eigenvalue weighted by Crippen LogP contribution is -2.02. The van der Waals surface area contributed by atoms with Gasteiger partial charge in [0.25, 0.3) is 0 Å². The second-order valence-corrected chi connectivity index (χ2v) is 34.4. The first kappa shape index (κ1) is 80.1. The molecule has 0 saturated carbocycles. The average molecular weight is 1810 g/mol. The number of hydrogen-bond donors (Lipinski definition) is 0. The van der Waals surface area contributed by atoms with Gasteiger partial charge in [-0.05, 0) is 198 Å². The van der Waals surface area contributed by atoms with Crippen LogP contribution in [0.3, 0.4) is 0 Å². The summed E-state index contributed by atoms with van der Waals surface area (Å²) in [6.07, 6.45) is 0. The highest BCUT2D eigenvalue weighted by molar-refractivity contribution is 6.15. The molecule has 0 aliphatic rings. The zero-order valence-corrected chi connectivity index (χ0v) is 75.7. The molecule has 0 bridgehead atoms. The van der Waals surface area contributed by atoms with Crippen molar-refractivity contribution in [1.29, 1.82) is 0 Å². The lowest BCUT2D eigenvalue weighted by molar-refractivity contribution is 1.07. The summed E-state index contributed by atoms with van der Waals surface area (Å²) >= 11 is 0. The summed E-state index contributed by atoms with van der Waals surface area (Å²) in [7, 11) is 0. The quantitative estimate of drug-likeness (QED) is 0.0892. The molecule has 0 aliphatic heterocycles. The molecule has 0 fully saturated rings. The molecule has 6 aromatic heterocycles. The minimum absolute atomic E-state index is 0.463. The van der Waals surface area contributed by atoms with Crippen molar-refractivity contribution in [3.63, 3.8) is 0 Å². The molecular formula is C126H81N15. The van der Waals surface area contributed by atoms with Gasteiger partial charge in [0.15, 0.2) is 52.4 Å². The SMILES string of the molecule is [2H]c1ccc(-c2nc3ccccc3n2-c2ccc(-c3nc(-c4cc5ccccc5c5ccccc45)nc(-c4cc5ccccc5c5ccccc45)n3)cc2)cc1.[2H]c1ccc(-c2nc3ccccc3n2-c2ccc(-c3nc(-c4ccc5ccccc5c4)nc(-c4ccc5ccccc5c4)n3)cc2)cc1.[2H]c1ccc(-c2nc3ccccc3n2-c2ccc(-c3nc(-c4ccccc4)nc(-c4ccccc4)n3)cc2)cc1. The molecule has 0 saturated heterocycles. The van der Waals surface area contributed by atoms with Crippen LogP contribution >= 0.6 is 0 Å². The average Bonchev–Trinajstić information content (AvgIpc) is 1.25. The van der Waals surface area contributed by atoms with Crippen LogP contribution in [0.2, 0.25) is 0 Å². The van der Waals surface area contributed by atoms with E-state index in [0.717, 1.165) is 177 Å². The van der Waals surface area contributed by atoms with Crippen molar-refractivity contribution in [1.82, 2.24) is 73.5 Å². The highest BCUT2D eigenvalue weighted by atomic mass is 15.1. The zero-order valence-electron chi connectivity index (χ0n) is 78.7. The fourth-order valence-electron chi connectivity index (χ4n) is 18.9. The normalized spacial score (nSPS) is 11.7. The molecule has 21 aromatic carbocycles. The Morgan fingerprint density at radius 1 is 0.149 bits per heavy atom. The third kappa shape index (κ3) is 16.2. The number of para-hydroxylation sites is 6. The third-order valence-corrected chi connectivity index (χ3v) is 25.8. The second-order valence-electron chi connectivity index (χ2n) is 34.4. The maximum absolute atomic E-state index is 8.03. The van der Waals surface area contributed by atoms with Crippen LogP contribution in [0, 0.1) is 0 Å². The van der Waals surface area contributed by atoms with E-state index in [1.165, 1.54) is 21.5 Å². The van der Waals surface area contributed by atoms with Crippen LogP contribution in [0.4, 0.5) is 0 Å². The summed E-state index contributed by atoms with van der Waals surface area (Å²) in [5, 5.41) is 13.7. The lowest BCUT2D eigenvalue weighted by atomic mass is 9.96. The number of hydrogen-bond acceptors (Lipinski definition) is 12. The van der Waals surface area contributed by atoms with E-state index >= 15 is 0 Å². The molecular weight excluding hydrogens is 1720 g/mol. The van der Waals surface area contributed by atoms with Crippen molar-refractivity contribution in [3.8, 4) is 154 Å². The number of nitrogens with zero attached hydrogens (tertiary/aromatic N) is 15. The fraction of sp³-hybridized carbons (Fsp3) is 0. The van der Waals surface area contributed by atoms with Crippen LogP contribution in [-0.4, -0.2) is 73.5 Å². The molecule has 141 heavy (non-hydrogen) atoms. The molecule has 15 heteroatoms. The van der Waals surface area contributed by atoms with E-state index in [1.54, 1.807) is 36.4 Å². The molecule has 27 rings (SSSR count). The Morgan fingerprint density at radius 2 is 0.383 bits per heavy atom. The van der Waals surface area contributed by atoms with E-state index in [4.69, 9.17) is 63.9 Å². The predicted octanol–water partition coefficient (Wildman–Crippen LogP) is 30.6. The molecule has 6 heterocycles. The van der Waals surface area contributed by atoms with Crippen molar-refractivity contribution in [2.45, 2.75) is 0 Å². The van der Waals surface area contributed by atoms with Gasteiger partial charge in [-0.2, -0.15) is 0 Å². The number of aromatic nitrogens is 15. The van der Waals surface area contributed by atoms with Crippen LogP contribution in [0.1, 0.15) is 4.11 Å². The first-order valence-corrected chi connectivity index (χ1v) is 46.7. The zero-order chi connectivity index (χ0) is 96.1. The maximum atomic E-state index is 8.03. The third-order valence-electron chi connectivity index (χ3n) is 25.8. The molecule has 660 valence electrons. The highest BCUT2D eigenvalue weighted by Gasteiger charge is 2.25. The number of fused-ring (bicyclic) bond motifs is 11. The molecule has 0 radical (unpaired) electrons. The second kappa shape index (κ2) is 36.4. The minimum Gasteiger partial charge on any atom is -0.292 e. The first-order chi connectivity index (χ1) is 71.0. The smallest absolute Gasteiger partial charge is 0.164 e. The van der Waals surface area contributed by atoms with Gasteiger partial charge in [-0.3, -0.25) is 13.7 Å². The van der Waals surface area contributed by atoms with Crippen molar-refractivity contribution in [2.24, 2.45) is 0 Å². The Hall–Kier alpha value is -19.4. The van der Waals surface area contributed by atoms with Crippen molar-refractivity contribution < 1.29 is 4.11 Å². The summed E-state index contributed by atoms with van der Waals surface area (Å²) in [4.78, 5) is 60.3. The Morgan fingerprint density at radius 3 is 0.716 bits per heavy atom. The molecule has 0 amide bonds. The Bertz CT molecular complexity index is 9310. The molecule has 0 N–H and O–H groups in total. The van der Waals surface area contributed by atoms with Crippen LogP contribution in [-0.2, 0) is 0 Å². The largest absolute Gasteiger partial charge is 0.292 e. The highest BCUT2D eigenvalue weighted by Crippen LogP contribution is 2.42. The van der Waals surface area contributed by atoms with Crippen molar-refractivity contribution >= 4 is 97.7 Å². The van der Waals surface area contributed by atoms with Gasteiger partial charge in [0.2, 0.25) is 0 Å². The van der Waals surface area contributed by atoms with Gasteiger partial charge in [-0.25, -0.2) is 59.8 Å². The van der Waals surface area contributed by atoms with E-state index in [-0.39, 0.29) is 0 Å². The van der Waals surface area contributed by atoms with Gasteiger partial charge in [-0.1, -0.05) is 358 Å². The van der Waals surface area contributed by atoms with Crippen LogP contribution in [0.15, 0.2) is 491 Å². The van der Waals surface area contributed by atoms with Gasteiger partial charge < -0.3 is 0 Å². The summed E-state index contributed by atoms with van der Waals surface area (Å²) in [6, 6.07) is 161. The Kier molecular flexibility index (Phi) is 20.7. The molecule has 0 spiro atoms. The van der Waals surface area contributed by atoms with Crippen LogP contribution in [0.5, 0.6) is 0 Å². The van der Waals surface area contributed by atoms with E-state index in [0.29, 0.717) is 70.5 Å². The van der Waals surface area contributed by atoms with Gasteiger partial charge in [0.1, 0.15) is 17.5 Å². The maximum Gasteiger partial charge on any atom is 0.164 e.